The van der Waals surface area contributed by atoms with Crippen molar-refractivity contribution in [3.63, 3.8) is 0 Å². The van der Waals surface area contributed by atoms with E-state index in [4.69, 9.17) is 4.42 Å². The quantitative estimate of drug-likeness (QED) is 0.765. The van der Waals surface area contributed by atoms with Crippen LogP contribution in [-0.2, 0) is 13.6 Å². The number of rotatable bonds is 4. The lowest BCUT2D eigenvalue weighted by molar-refractivity contribution is 0.251. The van der Waals surface area contributed by atoms with E-state index >= 15 is 0 Å². The van der Waals surface area contributed by atoms with E-state index in [0.717, 1.165) is 5.56 Å². The van der Waals surface area contributed by atoms with Gasteiger partial charge in [0, 0.05) is 19.8 Å². The fourth-order valence-corrected chi connectivity index (χ4v) is 1.83. The Hall–Kier alpha value is -3.16. The van der Waals surface area contributed by atoms with Crippen molar-refractivity contribution in [3.05, 3.63) is 48.2 Å². The fourth-order valence-electron chi connectivity index (χ4n) is 1.83. The minimum absolute atomic E-state index is 0.0196. The normalized spacial score (nSPS) is 10.4. The molecule has 2 N–H and O–H groups in total. The highest BCUT2D eigenvalue weighted by Crippen LogP contribution is 2.17. The molecule has 22 heavy (non-hydrogen) atoms. The molecule has 2 amide bonds. The Balaban J connectivity index is 1.57. The first kappa shape index (κ1) is 13.8. The predicted molar refractivity (Wildman–Crippen MR) is 78.8 cm³/mol. The average Bonchev–Trinajstić information content (AvgIpc) is 3.15. The molecule has 0 aliphatic heterocycles. The molecule has 0 unspecified atom stereocenters. The van der Waals surface area contributed by atoms with Gasteiger partial charge in [-0.1, -0.05) is 35.4 Å². The molecule has 0 atom stereocenters. The Bertz CT molecular complexity index is 765. The molecule has 0 bridgehead atoms. The molecule has 1 aromatic carbocycles. The van der Waals surface area contributed by atoms with Crippen LogP contribution in [0.2, 0.25) is 0 Å². The molecule has 0 spiro atoms. The molecule has 3 rings (SSSR count). The van der Waals surface area contributed by atoms with Crippen LogP contribution in [0.15, 0.2) is 47.0 Å². The summed E-state index contributed by atoms with van der Waals surface area (Å²) in [4.78, 5) is 11.8. The van der Waals surface area contributed by atoms with Gasteiger partial charge in [0.15, 0.2) is 0 Å². The van der Waals surface area contributed by atoms with Gasteiger partial charge >= 0.3 is 12.0 Å². The molecule has 0 fully saturated rings. The molecular weight excluding hydrogens is 284 g/mol. The number of aryl methyl sites for hydroxylation is 1. The third-order valence-electron chi connectivity index (χ3n) is 2.87. The second kappa shape index (κ2) is 6.08. The van der Waals surface area contributed by atoms with E-state index in [-0.39, 0.29) is 11.9 Å². The van der Waals surface area contributed by atoms with Gasteiger partial charge in [0.05, 0.1) is 0 Å². The first-order chi connectivity index (χ1) is 10.7. The molecule has 112 valence electrons. The Labute approximate surface area is 126 Å². The van der Waals surface area contributed by atoms with E-state index in [1.165, 1.54) is 0 Å². The summed E-state index contributed by atoms with van der Waals surface area (Å²) in [7, 11) is 1.79. The number of carbonyl (C=O) groups is 1. The van der Waals surface area contributed by atoms with Crippen molar-refractivity contribution in [2.75, 3.05) is 5.32 Å². The van der Waals surface area contributed by atoms with Crippen LogP contribution >= 0.6 is 0 Å². The van der Waals surface area contributed by atoms with Gasteiger partial charge in [0.25, 0.3) is 5.89 Å². The summed E-state index contributed by atoms with van der Waals surface area (Å²) < 4.78 is 6.96. The molecule has 0 radical (unpaired) electrons. The van der Waals surface area contributed by atoms with Gasteiger partial charge in [-0.05, 0) is 11.6 Å². The molecule has 0 aliphatic rings. The highest BCUT2D eigenvalue weighted by molar-refractivity contribution is 5.86. The van der Waals surface area contributed by atoms with Crippen LogP contribution in [0.3, 0.4) is 0 Å². The Morgan fingerprint density at radius 3 is 2.77 bits per heavy atom. The molecule has 8 nitrogen and oxygen atoms in total. The van der Waals surface area contributed by atoms with Gasteiger partial charge in [-0.2, -0.15) is 5.10 Å². The zero-order valence-electron chi connectivity index (χ0n) is 11.9. The number of nitrogens with zero attached hydrogens (tertiary/aromatic N) is 4. The van der Waals surface area contributed by atoms with Crippen molar-refractivity contribution in [1.82, 2.24) is 25.3 Å². The van der Waals surface area contributed by atoms with Crippen LogP contribution in [-0.4, -0.2) is 26.0 Å². The van der Waals surface area contributed by atoms with Gasteiger partial charge in [-0.3, -0.25) is 10.00 Å². The van der Waals surface area contributed by atoms with Crippen LogP contribution in [0.1, 0.15) is 5.56 Å². The maximum absolute atomic E-state index is 11.8. The lowest BCUT2D eigenvalue weighted by Crippen LogP contribution is -2.28. The second-order valence-electron chi connectivity index (χ2n) is 4.58. The summed E-state index contributed by atoms with van der Waals surface area (Å²) >= 11 is 0. The Morgan fingerprint density at radius 2 is 2.05 bits per heavy atom. The first-order valence-electron chi connectivity index (χ1n) is 6.63. The van der Waals surface area contributed by atoms with Crippen LogP contribution in [0, 0.1) is 0 Å². The number of hydrogen-bond donors (Lipinski definition) is 2. The monoisotopic (exact) mass is 298 g/mol. The zero-order valence-corrected chi connectivity index (χ0v) is 11.9. The lowest BCUT2D eigenvalue weighted by Gasteiger charge is -2.04. The van der Waals surface area contributed by atoms with E-state index in [9.17, 15) is 4.79 Å². The number of hydrogen-bond acceptors (Lipinski definition) is 5. The number of amides is 2. The number of nitrogens with one attached hydrogen (secondary N) is 2. The molecular formula is C14H14N6O2. The van der Waals surface area contributed by atoms with Crippen LogP contribution in [0.25, 0.3) is 11.6 Å². The maximum atomic E-state index is 11.8. The van der Waals surface area contributed by atoms with Crippen molar-refractivity contribution in [2.24, 2.45) is 7.05 Å². The lowest BCUT2D eigenvalue weighted by atomic mass is 10.2. The third-order valence-corrected chi connectivity index (χ3v) is 2.87. The van der Waals surface area contributed by atoms with Crippen LogP contribution in [0.4, 0.5) is 10.8 Å². The topological polar surface area (TPSA) is 97.9 Å². The van der Waals surface area contributed by atoms with Gasteiger partial charge in [-0.15, -0.1) is 5.10 Å². The number of urea groups is 1. The summed E-state index contributed by atoms with van der Waals surface area (Å²) in [6.07, 6.45) is 1.76. The Kier molecular flexibility index (Phi) is 3.82. The summed E-state index contributed by atoms with van der Waals surface area (Å²) in [5.41, 5.74) is 1.55. The summed E-state index contributed by atoms with van der Waals surface area (Å²) in [5, 5.41) is 16.9. The van der Waals surface area contributed by atoms with E-state index in [0.29, 0.717) is 12.2 Å². The maximum Gasteiger partial charge on any atom is 0.324 e. The molecule has 8 heteroatoms. The molecule has 0 aliphatic carbocycles. The van der Waals surface area contributed by atoms with E-state index < -0.39 is 6.03 Å². The largest absolute Gasteiger partial charge is 0.401 e. The van der Waals surface area contributed by atoms with Gasteiger partial charge < -0.3 is 9.73 Å². The van der Waals surface area contributed by atoms with Crippen molar-refractivity contribution in [1.29, 1.82) is 0 Å². The van der Waals surface area contributed by atoms with Crippen LogP contribution in [0.5, 0.6) is 0 Å². The van der Waals surface area contributed by atoms with Gasteiger partial charge in [0.1, 0.15) is 5.69 Å². The molecule has 0 saturated carbocycles. The number of aromatic nitrogens is 4. The molecule has 2 aromatic heterocycles. The van der Waals surface area contributed by atoms with Crippen molar-refractivity contribution in [3.8, 4) is 11.6 Å². The van der Waals surface area contributed by atoms with Crippen molar-refractivity contribution in [2.45, 2.75) is 6.54 Å². The molecule has 2 heterocycles. The Morgan fingerprint density at radius 1 is 1.23 bits per heavy atom. The number of benzene rings is 1. The second-order valence-corrected chi connectivity index (χ2v) is 4.58. The highest BCUT2D eigenvalue weighted by Gasteiger charge is 2.12. The van der Waals surface area contributed by atoms with Gasteiger partial charge in [-0.25, -0.2) is 4.79 Å². The number of carbonyl (C=O) groups excluding carboxylic acids is 1. The summed E-state index contributed by atoms with van der Waals surface area (Å²) in [5.74, 6) is 0.249. The molecule has 0 saturated heterocycles. The zero-order chi connectivity index (χ0) is 15.4. The van der Waals surface area contributed by atoms with E-state index in [1.54, 1.807) is 24.0 Å². The minimum atomic E-state index is -0.417. The third kappa shape index (κ3) is 3.29. The first-order valence-corrected chi connectivity index (χ1v) is 6.63. The number of anilines is 1. The summed E-state index contributed by atoms with van der Waals surface area (Å²) in [6, 6.07) is 10.9. The SMILES string of the molecule is Cn1ccc(-c2nnc(NC(=O)NCc3ccccc3)o2)n1. The van der Waals surface area contributed by atoms with Crippen molar-refractivity contribution >= 4 is 12.0 Å². The van der Waals surface area contributed by atoms with E-state index in [1.807, 2.05) is 30.3 Å². The van der Waals surface area contributed by atoms with Crippen LogP contribution < -0.4 is 10.6 Å². The van der Waals surface area contributed by atoms with E-state index in [2.05, 4.69) is 25.9 Å². The smallest absolute Gasteiger partial charge is 0.324 e. The van der Waals surface area contributed by atoms with Gasteiger partial charge in [0.2, 0.25) is 0 Å². The minimum Gasteiger partial charge on any atom is -0.401 e. The highest BCUT2D eigenvalue weighted by atomic mass is 16.4. The van der Waals surface area contributed by atoms with Crippen molar-refractivity contribution < 1.29 is 9.21 Å². The fraction of sp³-hybridized carbons (Fsp3) is 0.143. The standard InChI is InChI=1S/C14H14N6O2/c1-20-8-7-11(19-20)12-17-18-14(22-12)16-13(21)15-9-10-5-3-2-4-6-10/h2-8H,9H2,1H3,(H2,15,16,18,21). The molecule has 3 aromatic rings. The average molecular weight is 298 g/mol. The summed E-state index contributed by atoms with van der Waals surface area (Å²) in [6.45, 7) is 0.411. The predicted octanol–water partition coefficient (Wildman–Crippen LogP) is 1.79.